The van der Waals surface area contributed by atoms with Gasteiger partial charge in [0, 0.05) is 18.7 Å². The van der Waals surface area contributed by atoms with Crippen molar-refractivity contribution in [3.8, 4) is 0 Å². The van der Waals surface area contributed by atoms with Crippen LogP contribution < -0.4 is 10.6 Å². The second-order valence-corrected chi connectivity index (χ2v) is 4.92. The molecule has 0 spiro atoms. The number of benzene rings is 2. The molecule has 0 aliphatic rings. The molecule has 1 atom stereocenters. The van der Waals surface area contributed by atoms with Crippen molar-refractivity contribution in [1.82, 2.24) is 10.6 Å². The molecule has 8 heteroatoms. The van der Waals surface area contributed by atoms with Crippen LogP contribution in [-0.2, 0) is 9.53 Å². The normalized spacial score (nSPS) is 11.3. The van der Waals surface area contributed by atoms with E-state index in [1.54, 1.807) is 18.2 Å². The minimum Gasteiger partial charge on any atom is -0.444 e. The van der Waals surface area contributed by atoms with E-state index < -0.39 is 41.2 Å². The summed E-state index contributed by atoms with van der Waals surface area (Å²) in [6.07, 6.45) is -1.47. The Kier molecular flexibility index (Phi) is 5.78. The number of carbonyl (C=O) groups is 3. The number of imide groups is 1. The lowest BCUT2D eigenvalue weighted by Gasteiger charge is -2.17. The number of amides is 3. The van der Waals surface area contributed by atoms with Gasteiger partial charge >= 0.3 is 12.0 Å². The van der Waals surface area contributed by atoms with Gasteiger partial charge in [-0.25, -0.2) is 18.4 Å². The highest BCUT2D eigenvalue weighted by atomic mass is 19.1. The van der Waals surface area contributed by atoms with Crippen LogP contribution in [-0.4, -0.2) is 25.0 Å². The Morgan fingerprint density at radius 2 is 1.60 bits per heavy atom. The molecule has 0 heterocycles. The Bertz CT molecular complexity index is 776. The Morgan fingerprint density at radius 3 is 2.16 bits per heavy atom. The second-order valence-electron chi connectivity index (χ2n) is 4.92. The molecule has 0 bridgehead atoms. The van der Waals surface area contributed by atoms with E-state index in [1.807, 2.05) is 5.32 Å². The van der Waals surface area contributed by atoms with Crippen molar-refractivity contribution >= 4 is 17.9 Å². The number of nitrogens with one attached hydrogen (secondary N) is 2. The molecule has 0 aliphatic heterocycles. The molecule has 0 unspecified atom stereocenters. The van der Waals surface area contributed by atoms with Crippen molar-refractivity contribution < 1.29 is 27.9 Å². The summed E-state index contributed by atoms with van der Waals surface area (Å²) in [6.45, 7) is 0. The van der Waals surface area contributed by atoms with Gasteiger partial charge in [0.05, 0.1) is 5.56 Å². The lowest BCUT2D eigenvalue weighted by Crippen LogP contribution is -2.41. The van der Waals surface area contributed by atoms with E-state index in [-0.39, 0.29) is 5.56 Å². The molecule has 0 aliphatic carbocycles. The van der Waals surface area contributed by atoms with Gasteiger partial charge in [-0.3, -0.25) is 10.1 Å². The summed E-state index contributed by atoms with van der Waals surface area (Å²) >= 11 is 0. The summed E-state index contributed by atoms with van der Waals surface area (Å²) in [4.78, 5) is 35.7. The monoisotopic (exact) mass is 348 g/mol. The van der Waals surface area contributed by atoms with Crippen LogP contribution in [0.2, 0.25) is 0 Å². The van der Waals surface area contributed by atoms with Gasteiger partial charge in [-0.2, -0.15) is 0 Å². The molecule has 0 fully saturated rings. The van der Waals surface area contributed by atoms with Crippen LogP contribution in [0.4, 0.5) is 13.6 Å². The lowest BCUT2D eigenvalue weighted by atomic mass is 10.1. The van der Waals surface area contributed by atoms with E-state index in [1.165, 1.54) is 19.2 Å². The van der Waals surface area contributed by atoms with E-state index >= 15 is 0 Å². The summed E-state index contributed by atoms with van der Waals surface area (Å²) in [5, 5.41) is 4.19. The molecule has 0 saturated carbocycles. The van der Waals surface area contributed by atoms with Gasteiger partial charge in [-0.15, -0.1) is 0 Å². The molecule has 0 aromatic heterocycles. The molecule has 3 amide bonds. The van der Waals surface area contributed by atoms with Gasteiger partial charge in [-0.1, -0.05) is 30.3 Å². The number of hydrogen-bond acceptors (Lipinski definition) is 4. The number of carbonyl (C=O) groups excluding carboxylic acids is 3. The molecule has 2 aromatic rings. The van der Waals surface area contributed by atoms with Crippen molar-refractivity contribution in [3.63, 3.8) is 0 Å². The summed E-state index contributed by atoms with van der Waals surface area (Å²) < 4.78 is 31.6. The zero-order valence-electron chi connectivity index (χ0n) is 13.1. The predicted octanol–water partition coefficient (Wildman–Crippen LogP) is 2.32. The molecule has 0 saturated heterocycles. The van der Waals surface area contributed by atoms with Crippen LogP contribution in [0.3, 0.4) is 0 Å². The van der Waals surface area contributed by atoms with Crippen LogP contribution in [0, 0.1) is 11.6 Å². The molecule has 0 radical (unpaired) electrons. The van der Waals surface area contributed by atoms with Gasteiger partial charge in [0.25, 0.3) is 5.91 Å². The average Bonchev–Trinajstić information content (AvgIpc) is 2.59. The van der Waals surface area contributed by atoms with Crippen molar-refractivity contribution in [2.45, 2.75) is 6.10 Å². The first-order chi connectivity index (χ1) is 11.9. The van der Waals surface area contributed by atoms with Crippen LogP contribution in [0.5, 0.6) is 0 Å². The third-order valence-corrected chi connectivity index (χ3v) is 3.13. The lowest BCUT2D eigenvalue weighted by molar-refractivity contribution is -0.129. The number of esters is 1. The van der Waals surface area contributed by atoms with Gasteiger partial charge in [0.15, 0.2) is 0 Å². The fourth-order valence-electron chi connectivity index (χ4n) is 1.99. The fourth-order valence-corrected chi connectivity index (χ4v) is 1.99. The Morgan fingerprint density at radius 1 is 1.00 bits per heavy atom. The molecule has 6 nitrogen and oxygen atoms in total. The number of ether oxygens (including phenoxy) is 1. The standard InChI is InChI=1S/C17H14F2N2O4/c1-20-17(24)21-15(22)14(10-5-3-2-4-6-10)25-16(23)11-7-12(18)9-13(19)8-11/h2-9,14H,1H3,(H2,20,21,22,24)/t14-/m1/s1. The number of rotatable bonds is 4. The molecule has 2 rings (SSSR count). The molecule has 2 N–H and O–H groups in total. The minimum absolute atomic E-state index is 0.286. The third kappa shape index (κ3) is 4.84. The maximum Gasteiger partial charge on any atom is 0.339 e. The quantitative estimate of drug-likeness (QED) is 0.831. The largest absolute Gasteiger partial charge is 0.444 e. The summed E-state index contributed by atoms with van der Waals surface area (Å²) in [5.74, 6) is -3.94. The highest BCUT2D eigenvalue weighted by Gasteiger charge is 2.27. The van der Waals surface area contributed by atoms with Crippen molar-refractivity contribution in [3.05, 3.63) is 71.3 Å². The molecule has 130 valence electrons. The average molecular weight is 348 g/mol. The zero-order valence-corrected chi connectivity index (χ0v) is 13.1. The fraction of sp³-hybridized carbons (Fsp3) is 0.118. The van der Waals surface area contributed by atoms with E-state index in [9.17, 15) is 23.2 Å². The highest BCUT2D eigenvalue weighted by molar-refractivity contribution is 5.99. The minimum atomic E-state index is -1.47. The van der Waals surface area contributed by atoms with Crippen molar-refractivity contribution in [1.29, 1.82) is 0 Å². The topological polar surface area (TPSA) is 84.5 Å². The van der Waals surface area contributed by atoms with E-state index in [0.29, 0.717) is 6.07 Å². The van der Waals surface area contributed by atoms with Gasteiger partial charge in [-0.05, 0) is 12.1 Å². The Balaban J connectivity index is 2.28. The van der Waals surface area contributed by atoms with Gasteiger partial charge in [0.1, 0.15) is 11.6 Å². The van der Waals surface area contributed by atoms with Crippen LogP contribution in [0.25, 0.3) is 0 Å². The Hall–Kier alpha value is -3.29. The van der Waals surface area contributed by atoms with Crippen molar-refractivity contribution in [2.24, 2.45) is 0 Å². The third-order valence-electron chi connectivity index (χ3n) is 3.13. The summed E-state index contributed by atoms with van der Waals surface area (Å²) in [5.41, 5.74) is -0.111. The Labute approximate surface area is 141 Å². The van der Waals surface area contributed by atoms with Gasteiger partial charge in [0.2, 0.25) is 6.10 Å². The van der Waals surface area contributed by atoms with Crippen LogP contribution in [0.15, 0.2) is 48.5 Å². The summed E-state index contributed by atoms with van der Waals surface area (Å²) in [7, 11) is 1.31. The maximum absolute atomic E-state index is 13.2. The predicted molar refractivity (Wildman–Crippen MR) is 83.6 cm³/mol. The van der Waals surface area contributed by atoms with Crippen LogP contribution in [0.1, 0.15) is 22.0 Å². The van der Waals surface area contributed by atoms with E-state index in [2.05, 4.69) is 5.32 Å². The SMILES string of the molecule is CNC(=O)NC(=O)[C@H](OC(=O)c1cc(F)cc(F)c1)c1ccccc1. The number of urea groups is 1. The molecule has 25 heavy (non-hydrogen) atoms. The first-order valence-corrected chi connectivity index (χ1v) is 7.15. The maximum atomic E-state index is 13.2. The number of hydrogen-bond donors (Lipinski definition) is 2. The first kappa shape index (κ1) is 18.1. The van der Waals surface area contributed by atoms with Crippen LogP contribution >= 0.6 is 0 Å². The molecular weight excluding hydrogens is 334 g/mol. The van der Waals surface area contributed by atoms with E-state index in [4.69, 9.17) is 4.74 Å². The number of halogens is 2. The van der Waals surface area contributed by atoms with E-state index in [0.717, 1.165) is 12.1 Å². The first-order valence-electron chi connectivity index (χ1n) is 7.15. The molecular formula is C17H14F2N2O4. The molecule has 2 aromatic carbocycles. The van der Waals surface area contributed by atoms with Gasteiger partial charge < -0.3 is 10.1 Å². The second kappa shape index (κ2) is 8.00. The smallest absolute Gasteiger partial charge is 0.339 e. The van der Waals surface area contributed by atoms with Crippen molar-refractivity contribution in [2.75, 3.05) is 7.05 Å². The zero-order chi connectivity index (χ0) is 18.4. The highest BCUT2D eigenvalue weighted by Crippen LogP contribution is 2.20. The summed E-state index contributed by atoms with van der Waals surface area (Å²) in [6, 6.07) is 9.27.